The van der Waals surface area contributed by atoms with Gasteiger partial charge >= 0.3 is 12.1 Å². The molecule has 120 valence electrons. The lowest BCUT2D eigenvalue weighted by Gasteiger charge is -2.28. The number of carbonyl (C=O) groups is 1. The molecule has 0 spiro atoms. The van der Waals surface area contributed by atoms with E-state index in [-0.39, 0.29) is 16.8 Å². The molecule has 0 saturated heterocycles. The van der Waals surface area contributed by atoms with Crippen LogP contribution >= 0.6 is 0 Å². The predicted octanol–water partition coefficient (Wildman–Crippen LogP) is 3.76. The lowest BCUT2D eigenvalue weighted by molar-refractivity contribution is -0.137. The van der Waals surface area contributed by atoms with Crippen LogP contribution in [0.4, 0.5) is 13.2 Å². The van der Waals surface area contributed by atoms with Gasteiger partial charge in [0.15, 0.2) is 0 Å². The minimum Gasteiger partial charge on any atom is -0.478 e. The Hall–Kier alpha value is -2.62. The standard InChI is InChI=1S/C16H13F3N2O2/c1-8-12(7-20)14(13(15(22)23)9(2)21-8)10-4-3-5-11(6-10)16(17,18)19/h3-6,12,14H,1-2H3,(H,22,23). The van der Waals surface area contributed by atoms with Crippen LogP contribution < -0.4 is 0 Å². The summed E-state index contributed by atoms with van der Waals surface area (Å²) in [7, 11) is 0. The average Bonchev–Trinajstić information content (AvgIpc) is 2.45. The topological polar surface area (TPSA) is 73.4 Å². The largest absolute Gasteiger partial charge is 0.478 e. The summed E-state index contributed by atoms with van der Waals surface area (Å²) >= 11 is 0. The Morgan fingerprint density at radius 1 is 1.35 bits per heavy atom. The Labute approximate surface area is 130 Å². The molecule has 0 bridgehead atoms. The molecule has 0 amide bonds. The fourth-order valence-electron chi connectivity index (χ4n) is 2.75. The molecule has 0 aliphatic carbocycles. The normalized spacial score (nSPS) is 21.7. The molecular formula is C16H13F3N2O2. The quantitative estimate of drug-likeness (QED) is 0.901. The fourth-order valence-corrected chi connectivity index (χ4v) is 2.75. The maximum absolute atomic E-state index is 12.9. The number of allylic oxidation sites excluding steroid dienone is 1. The van der Waals surface area contributed by atoms with Crippen molar-refractivity contribution in [3.8, 4) is 6.07 Å². The van der Waals surface area contributed by atoms with Crippen molar-refractivity contribution < 1.29 is 23.1 Å². The van der Waals surface area contributed by atoms with Gasteiger partial charge in [-0.3, -0.25) is 4.99 Å². The minimum absolute atomic E-state index is 0.136. The number of nitriles is 1. The summed E-state index contributed by atoms with van der Waals surface area (Å²) in [5, 5.41) is 18.7. The third-order valence-corrected chi connectivity index (χ3v) is 3.77. The molecule has 0 saturated carbocycles. The second kappa shape index (κ2) is 5.88. The van der Waals surface area contributed by atoms with Gasteiger partial charge in [0, 0.05) is 17.3 Å². The van der Waals surface area contributed by atoms with E-state index in [1.165, 1.54) is 19.1 Å². The predicted molar refractivity (Wildman–Crippen MR) is 76.7 cm³/mol. The van der Waals surface area contributed by atoms with Crippen molar-refractivity contribution in [1.82, 2.24) is 0 Å². The van der Waals surface area contributed by atoms with Crippen LogP contribution in [0.1, 0.15) is 30.9 Å². The number of rotatable bonds is 2. The number of aliphatic carboxylic acids is 1. The van der Waals surface area contributed by atoms with Gasteiger partial charge in [-0.05, 0) is 25.5 Å². The van der Waals surface area contributed by atoms with Gasteiger partial charge in [0.2, 0.25) is 0 Å². The van der Waals surface area contributed by atoms with Crippen molar-refractivity contribution >= 4 is 11.7 Å². The Bertz CT molecular complexity index is 757. The fraction of sp³-hybridized carbons (Fsp3) is 0.312. The van der Waals surface area contributed by atoms with E-state index in [0.717, 1.165) is 12.1 Å². The highest BCUT2D eigenvalue weighted by Gasteiger charge is 2.38. The SMILES string of the molecule is CC1=NC(C)=C(C(=O)O)C(c2cccc(C(F)(F)F)c2)C1C#N. The van der Waals surface area contributed by atoms with Crippen molar-refractivity contribution in [3.05, 3.63) is 46.7 Å². The van der Waals surface area contributed by atoms with E-state index in [1.54, 1.807) is 6.92 Å². The van der Waals surface area contributed by atoms with Crippen LogP contribution in [0.2, 0.25) is 0 Å². The zero-order chi connectivity index (χ0) is 17.4. The van der Waals surface area contributed by atoms with E-state index in [0.29, 0.717) is 5.71 Å². The molecule has 7 heteroatoms. The van der Waals surface area contributed by atoms with E-state index < -0.39 is 29.5 Å². The van der Waals surface area contributed by atoms with Crippen molar-refractivity contribution in [3.63, 3.8) is 0 Å². The zero-order valence-corrected chi connectivity index (χ0v) is 12.3. The summed E-state index contributed by atoms with van der Waals surface area (Å²) in [6.45, 7) is 3.04. The molecule has 2 atom stereocenters. The molecule has 0 aromatic heterocycles. The highest BCUT2D eigenvalue weighted by molar-refractivity contribution is 5.97. The number of halogens is 3. The molecule has 2 unspecified atom stereocenters. The van der Waals surface area contributed by atoms with E-state index in [9.17, 15) is 28.3 Å². The highest BCUT2D eigenvalue weighted by Crippen LogP contribution is 2.40. The first-order valence-corrected chi connectivity index (χ1v) is 6.72. The number of nitrogens with zero attached hydrogens (tertiary/aromatic N) is 2. The van der Waals surface area contributed by atoms with E-state index in [1.807, 2.05) is 6.07 Å². The summed E-state index contributed by atoms with van der Waals surface area (Å²) in [6, 6.07) is 6.37. The van der Waals surface area contributed by atoms with Gasteiger partial charge in [0.1, 0.15) is 0 Å². The summed E-state index contributed by atoms with van der Waals surface area (Å²) in [4.78, 5) is 15.6. The maximum atomic E-state index is 12.9. The van der Waals surface area contributed by atoms with Crippen LogP contribution in [0.5, 0.6) is 0 Å². The van der Waals surface area contributed by atoms with Crippen LogP contribution in [-0.4, -0.2) is 16.8 Å². The van der Waals surface area contributed by atoms with Crippen LogP contribution in [-0.2, 0) is 11.0 Å². The Kier molecular flexibility index (Phi) is 4.28. The molecule has 1 aromatic carbocycles. The number of carboxylic acid groups (broad SMARTS) is 1. The maximum Gasteiger partial charge on any atom is 0.416 e. The number of aliphatic imine (C=N–C) groups is 1. The average molecular weight is 322 g/mol. The number of carboxylic acids is 1. The lowest BCUT2D eigenvalue weighted by atomic mass is 9.76. The molecule has 2 rings (SSSR count). The van der Waals surface area contributed by atoms with Crippen LogP contribution in [0.25, 0.3) is 0 Å². The van der Waals surface area contributed by atoms with Crippen molar-refractivity contribution in [2.45, 2.75) is 25.9 Å². The van der Waals surface area contributed by atoms with E-state index in [4.69, 9.17) is 0 Å². The van der Waals surface area contributed by atoms with Gasteiger partial charge < -0.3 is 5.11 Å². The third-order valence-electron chi connectivity index (χ3n) is 3.77. The Morgan fingerprint density at radius 2 is 2.00 bits per heavy atom. The molecular weight excluding hydrogens is 309 g/mol. The number of benzene rings is 1. The first kappa shape index (κ1) is 16.7. The van der Waals surface area contributed by atoms with E-state index >= 15 is 0 Å². The van der Waals surface area contributed by atoms with Crippen molar-refractivity contribution in [2.24, 2.45) is 10.9 Å². The first-order valence-electron chi connectivity index (χ1n) is 6.72. The number of hydrogen-bond acceptors (Lipinski definition) is 3. The Balaban J connectivity index is 2.65. The van der Waals surface area contributed by atoms with Gasteiger partial charge in [0.25, 0.3) is 0 Å². The molecule has 23 heavy (non-hydrogen) atoms. The van der Waals surface area contributed by atoms with Gasteiger partial charge in [-0.15, -0.1) is 0 Å². The molecule has 1 N–H and O–H groups in total. The summed E-state index contributed by atoms with van der Waals surface area (Å²) in [5.41, 5.74) is -0.311. The van der Waals surface area contributed by atoms with Gasteiger partial charge in [0.05, 0.1) is 23.1 Å². The van der Waals surface area contributed by atoms with Gasteiger partial charge in [-0.2, -0.15) is 18.4 Å². The van der Waals surface area contributed by atoms with Crippen LogP contribution in [0.3, 0.4) is 0 Å². The third kappa shape index (κ3) is 3.11. The second-order valence-electron chi connectivity index (χ2n) is 5.27. The number of hydrogen-bond donors (Lipinski definition) is 1. The summed E-state index contributed by atoms with van der Waals surface area (Å²) in [5.74, 6) is -3.20. The molecule has 1 heterocycles. The molecule has 4 nitrogen and oxygen atoms in total. The Morgan fingerprint density at radius 3 is 2.52 bits per heavy atom. The first-order chi connectivity index (χ1) is 10.7. The highest BCUT2D eigenvalue weighted by atomic mass is 19.4. The molecule has 1 aromatic rings. The molecule has 0 fully saturated rings. The number of alkyl halides is 3. The smallest absolute Gasteiger partial charge is 0.416 e. The van der Waals surface area contributed by atoms with Gasteiger partial charge in [-0.25, -0.2) is 4.79 Å². The van der Waals surface area contributed by atoms with Crippen LogP contribution in [0.15, 0.2) is 40.5 Å². The van der Waals surface area contributed by atoms with E-state index in [2.05, 4.69) is 4.99 Å². The summed E-state index contributed by atoms with van der Waals surface area (Å²) < 4.78 is 38.7. The summed E-state index contributed by atoms with van der Waals surface area (Å²) in [6.07, 6.45) is -4.54. The van der Waals surface area contributed by atoms with Crippen molar-refractivity contribution in [1.29, 1.82) is 5.26 Å². The van der Waals surface area contributed by atoms with Gasteiger partial charge in [-0.1, -0.05) is 18.2 Å². The second-order valence-corrected chi connectivity index (χ2v) is 5.27. The monoisotopic (exact) mass is 322 g/mol. The molecule has 1 aliphatic heterocycles. The minimum atomic E-state index is -4.54. The van der Waals surface area contributed by atoms with Crippen molar-refractivity contribution in [2.75, 3.05) is 0 Å². The zero-order valence-electron chi connectivity index (χ0n) is 12.3. The molecule has 1 aliphatic rings. The molecule has 0 radical (unpaired) electrons. The lowest BCUT2D eigenvalue weighted by Crippen LogP contribution is -2.28. The van der Waals surface area contributed by atoms with Crippen LogP contribution in [0, 0.1) is 17.2 Å².